The predicted octanol–water partition coefficient (Wildman–Crippen LogP) is 3.74. The first-order valence-electron chi connectivity index (χ1n) is 7.17. The lowest BCUT2D eigenvalue weighted by Crippen LogP contribution is -2.28. The van der Waals surface area contributed by atoms with Crippen molar-refractivity contribution in [3.05, 3.63) is 39.4 Å². The van der Waals surface area contributed by atoms with E-state index in [-0.39, 0.29) is 11.9 Å². The lowest BCUT2D eigenvalue weighted by Gasteiger charge is -2.18. The van der Waals surface area contributed by atoms with Crippen LogP contribution in [0.25, 0.3) is 0 Å². The fourth-order valence-electron chi connectivity index (χ4n) is 2.27. The van der Waals surface area contributed by atoms with E-state index < -0.39 is 0 Å². The Hall–Kier alpha value is -1.40. The maximum Gasteiger partial charge on any atom is 0.230 e. The van der Waals surface area contributed by atoms with E-state index in [9.17, 15) is 4.79 Å². The summed E-state index contributed by atoms with van der Waals surface area (Å²) in [4.78, 5) is 12.1. The molecule has 1 heterocycles. The average Bonchev–Trinajstić information content (AvgIpc) is 2.86. The van der Waals surface area contributed by atoms with Gasteiger partial charge >= 0.3 is 0 Å². The predicted molar refractivity (Wildman–Crippen MR) is 92.6 cm³/mol. The lowest BCUT2D eigenvalue weighted by molar-refractivity contribution is -0.119. The van der Waals surface area contributed by atoms with Crippen molar-refractivity contribution >= 4 is 29.0 Å². The molecule has 2 rings (SSSR count). The second kappa shape index (κ2) is 7.24. The Balaban J connectivity index is 1.95. The summed E-state index contributed by atoms with van der Waals surface area (Å²) in [6.45, 7) is 10.2. The maximum atomic E-state index is 12.1. The van der Waals surface area contributed by atoms with Crippen LogP contribution < -0.4 is 5.32 Å². The van der Waals surface area contributed by atoms with Gasteiger partial charge in [-0.15, -0.1) is 10.2 Å². The number of aromatic nitrogens is 2. The Labute approximate surface area is 139 Å². The average molecular weight is 335 g/mol. The van der Waals surface area contributed by atoms with Gasteiger partial charge < -0.3 is 5.32 Å². The molecule has 0 radical (unpaired) electrons. The number of aryl methyl sites for hydroxylation is 4. The minimum absolute atomic E-state index is 0.00329. The third kappa shape index (κ3) is 4.30. The molecule has 2 aromatic rings. The van der Waals surface area contributed by atoms with Crippen LogP contribution in [0.3, 0.4) is 0 Å². The first-order chi connectivity index (χ1) is 10.4. The summed E-state index contributed by atoms with van der Waals surface area (Å²) in [5.41, 5.74) is 4.92. The molecule has 22 heavy (non-hydrogen) atoms. The highest BCUT2D eigenvalue weighted by Gasteiger charge is 2.14. The fourth-order valence-corrected chi connectivity index (χ4v) is 3.90. The molecule has 0 saturated heterocycles. The van der Waals surface area contributed by atoms with Crippen molar-refractivity contribution in [2.24, 2.45) is 0 Å². The van der Waals surface area contributed by atoms with E-state index in [0.717, 1.165) is 9.35 Å². The maximum absolute atomic E-state index is 12.1. The Kier molecular flexibility index (Phi) is 5.58. The molecular weight excluding hydrogens is 314 g/mol. The molecule has 1 amide bonds. The molecule has 0 spiro atoms. The Morgan fingerprint density at radius 1 is 1.18 bits per heavy atom. The van der Waals surface area contributed by atoms with Crippen LogP contribution in [0, 0.1) is 27.7 Å². The van der Waals surface area contributed by atoms with Crippen LogP contribution in [0.2, 0.25) is 0 Å². The van der Waals surface area contributed by atoms with Crippen molar-refractivity contribution in [1.29, 1.82) is 0 Å². The smallest absolute Gasteiger partial charge is 0.230 e. The number of thioether (sulfide) groups is 1. The lowest BCUT2D eigenvalue weighted by atomic mass is 9.96. The summed E-state index contributed by atoms with van der Waals surface area (Å²) < 4.78 is 0.836. The van der Waals surface area contributed by atoms with Gasteiger partial charge in [0.05, 0.1) is 11.8 Å². The van der Waals surface area contributed by atoms with Gasteiger partial charge in [0.25, 0.3) is 0 Å². The van der Waals surface area contributed by atoms with Crippen molar-refractivity contribution in [2.75, 3.05) is 5.75 Å². The summed E-state index contributed by atoms with van der Waals surface area (Å²) in [6, 6.07) is 4.34. The standard InChI is InChI=1S/C16H21N3OS2/c1-9-6-11(3)14(7-10(9)2)12(4)17-15(20)8-21-16-19-18-13(5)22-16/h6-7,12H,8H2,1-5H3,(H,17,20). The van der Waals surface area contributed by atoms with Crippen LogP contribution in [-0.2, 0) is 4.79 Å². The van der Waals surface area contributed by atoms with Gasteiger partial charge in [0.1, 0.15) is 5.01 Å². The molecule has 118 valence electrons. The number of benzene rings is 1. The van der Waals surface area contributed by atoms with Crippen LogP contribution in [0.5, 0.6) is 0 Å². The van der Waals surface area contributed by atoms with Gasteiger partial charge in [0.2, 0.25) is 5.91 Å². The largest absolute Gasteiger partial charge is 0.349 e. The topological polar surface area (TPSA) is 54.9 Å². The number of carbonyl (C=O) groups excluding carboxylic acids is 1. The molecule has 1 aromatic heterocycles. The highest BCUT2D eigenvalue weighted by molar-refractivity contribution is 8.01. The van der Waals surface area contributed by atoms with Gasteiger partial charge in [-0.25, -0.2) is 0 Å². The molecule has 0 bridgehead atoms. The van der Waals surface area contributed by atoms with E-state index in [1.165, 1.54) is 45.4 Å². The van der Waals surface area contributed by atoms with Gasteiger partial charge in [0.15, 0.2) is 4.34 Å². The summed E-state index contributed by atoms with van der Waals surface area (Å²) in [5.74, 6) is 0.381. The van der Waals surface area contributed by atoms with E-state index in [4.69, 9.17) is 0 Å². The quantitative estimate of drug-likeness (QED) is 0.846. The molecule has 0 saturated carbocycles. The number of nitrogens with zero attached hydrogens (tertiary/aromatic N) is 2. The van der Waals surface area contributed by atoms with Crippen molar-refractivity contribution in [3.63, 3.8) is 0 Å². The molecule has 0 aliphatic carbocycles. The summed E-state index contributed by atoms with van der Waals surface area (Å²) in [7, 11) is 0. The minimum atomic E-state index is 0.00329. The first kappa shape index (κ1) is 17.0. The third-order valence-electron chi connectivity index (χ3n) is 3.56. The number of hydrogen-bond acceptors (Lipinski definition) is 5. The highest BCUT2D eigenvalue weighted by atomic mass is 32.2. The molecule has 0 aliphatic heterocycles. The van der Waals surface area contributed by atoms with Crippen LogP contribution in [0.4, 0.5) is 0 Å². The monoisotopic (exact) mass is 335 g/mol. The zero-order valence-corrected chi connectivity index (χ0v) is 15.2. The van der Waals surface area contributed by atoms with Gasteiger partial charge in [-0.1, -0.05) is 35.2 Å². The molecule has 1 aromatic carbocycles. The zero-order chi connectivity index (χ0) is 16.3. The van der Waals surface area contributed by atoms with Gasteiger partial charge in [-0.3, -0.25) is 4.79 Å². The third-order valence-corrected chi connectivity index (χ3v) is 5.53. The number of rotatable bonds is 5. The number of amides is 1. The van der Waals surface area contributed by atoms with E-state index in [1.807, 2.05) is 13.8 Å². The van der Waals surface area contributed by atoms with Crippen LogP contribution >= 0.6 is 23.1 Å². The van der Waals surface area contributed by atoms with Crippen molar-refractivity contribution in [1.82, 2.24) is 15.5 Å². The van der Waals surface area contributed by atoms with Gasteiger partial charge in [0, 0.05) is 0 Å². The SMILES string of the molecule is Cc1nnc(SCC(=O)NC(C)c2cc(C)c(C)cc2C)s1. The van der Waals surface area contributed by atoms with Crippen LogP contribution in [-0.4, -0.2) is 21.9 Å². The fraction of sp³-hybridized carbons (Fsp3) is 0.438. The van der Waals surface area contributed by atoms with Gasteiger partial charge in [-0.2, -0.15) is 0 Å². The van der Waals surface area contributed by atoms with Gasteiger partial charge in [-0.05, 0) is 56.9 Å². The Morgan fingerprint density at radius 3 is 2.50 bits per heavy atom. The van der Waals surface area contributed by atoms with Crippen LogP contribution in [0.1, 0.15) is 40.2 Å². The Bertz CT molecular complexity index is 682. The normalized spacial score (nSPS) is 12.2. The van der Waals surface area contributed by atoms with Crippen molar-refractivity contribution in [3.8, 4) is 0 Å². The highest BCUT2D eigenvalue weighted by Crippen LogP contribution is 2.23. The molecule has 1 unspecified atom stereocenters. The molecule has 1 atom stereocenters. The molecule has 0 aliphatic rings. The second-order valence-electron chi connectivity index (χ2n) is 5.46. The minimum Gasteiger partial charge on any atom is -0.349 e. The molecule has 6 heteroatoms. The first-order valence-corrected chi connectivity index (χ1v) is 8.97. The summed E-state index contributed by atoms with van der Waals surface area (Å²) >= 11 is 2.94. The molecular formula is C16H21N3OS2. The molecule has 1 N–H and O–H groups in total. The van der Waals surface area contributed by atoms with E-state index in [2.05, 4.69) is 48.4 Å². The van der Waals surface area contributed by atoms with Crippen LogP contribution in [0.15, 0.2) is 16.5 Å². The van der Waals surface area contributed by atoms with E-state index in [1.54, 1.807) is 0 Å². The van der Waals surface area contributed by atoms with Crippen molar-refractivity contribution in [2.45, 2.75) is 45.0 Å². The van der Waals surface area contributed by atoms with E-state index >= 15 is 0 Å². The second-order valence-corrected chi connectivity index (χ2v) is 7.86. The summed E-state index contributed by atoms with van der Waals surface area (Å²) in [5, 5.41) is 11.9. The zero-order valence-electron chi connectivity index (χ0n) is 13.6. The number of nitrogens with one attached hydrogen (secondary N) is 1. The van der Waals surface area contributed by atoms with Crippen molar-refractivity contribution < 1.29 is 4.79 Å². The number of carbonyl (C=O) groups is 1. The number of hydrogen-bond donors (Lipinski definition) is 1. The molecule has 0 fully saturated rings. The van der Waals surface area contributed by atoms with E-state index in [0.29, 0.717) is 5.75 Å². The Morgan fingerprint density at radius 2 is 1.86 bits per heavy atom. The molecule has 4 nitrogen and oxygen atoms in total. The summed E-state index contributed by atoms with van der Waals surface area (Å²) in [6.07, 6.45) is 0.